The number of carbonyl (C=O) groups is 1. The predicted molar refractivity (Wildman–Crippen MR) is 84.9 cm³/mol. The van der Waals surface area contributed by atoms with Crippen LogP contribution in [-0.2, 0) is 0 Å². The van der Waals surface area contributed by atoms with Crippen molar-refractivity contribution in [3.8, 4) is 0 Å². The quantitative estimate of drug-likeness (QED) is 0.914. The predicted octanol–water partition coefficient (Wildman–Crippen LogP) is 1.31. The van der Waals surface area contributed by atoms with E-state index in [1.54, 1.807) is 6.20 Å². The molecule has 0 saturated carbocycles. The molecule has 0 spiro atoms. The molecule has 21 heavy (non-hydrogen) atoms. The molecule has 0 aromatic carbocycles. The third kappa shape index (κ3) is 3.36. The maximum atomic E-state index is 12.1. The Bertz CT molecular complexity index is 491. The van der Waals surface area contributed by atoms with E-state index >= 15 is 0 Å². The maximum absolute atomic E-state index is 12.1. The number of aryl methyl sites for hydroxylation is 1. The Hall–Kier alpha value is -1.18. The van der Waals surface area contributed by atoms with Gasteiger partial charge in [-0.15, -0.1) is 11.3 Å². The zero-order chi connectivity index (χ0) is 14.8. The van der Waals surface area contributed by atoms with Crippen LogP contribution in [0.15, 0.2) is 6.20 Å². The van der Waals surface area contributed by atoms with Gasteiger partial charge in [0.15, 0.2) is 5.13 Å². The van der Waals surface area contributed by atoms with Crippen LogP contribution in [0.25, 0.3) is 0 Å². The monoisotopic (exact) mass is 309 g/mol. The molecule has 1 aromatic heterocycles. The van der Waals surface area contributed by atoms with Crippen molar-refractivity contribution in [2.75, 3.05) is 51.1 Å². The minimum atomic E-state index is -0.0206. The molecule has 0 atom stereocenters. The van der Waals surface area contributed by atoms with Gasteiger partial charge in [0, 0.05) is 56.4 Å². The van der Waals surface area contributed by atoms with Gasteiger partial charge < -0.3 is 9.80 Å². The van der Waals surface area contributed by atoms with Crippen molar-refractivity contribution in [2.45, 2.75) is 19.9 Å². The van der Waals surface area contributed by atoms with Gasteiger partial charge in [0.2, 0.25) is 0 Å². The lowest BCUT2D eigenvalue weighted by atomic mass is 10.1. The summed E-state index contributed by atoms with van der Waals surface area (Å²) in [6, 6.07) is 0.514. The van der Waals surface area contributed by atoms with E-state index in [1.165, 1.54) is 11.3 Å². The Labute approximate surface area is 129 Å². The first kappa shape index (κ1) is 14.7. The van der Waals surface area contributed by atoms with E-state index in [9.17, 15) is 4.79 Å². The lowest BCUT2D eigenvalue weighted by Gasteiger charge is -2.47. The largest absolute Gasteiger partial charge is 0.323 e. The van der Waals surface area contributed by atoms with Gasteiger partial charge in [-0.1, -0.05) is 6.92 Å². The summed E-state index contributed by atoms with van der Waals surface area (Å²) >= 11 is 1.51. The molecular weight excluding hydrogens is 286 g/mol. The van der Waals surface area contributed by atoms with Crippen LogP contribution in [0.4, 0.5) is 9.93 Å². The standard InChI is InChI=1S/C14H23N5OS/c1-3-17-4-6-18(7-5-17)12-9-19(10-12)14(20)16-13-15-8-11(2)21-13/h8,12H,3-7,9-10H2,1-2H3,(H,15,16,20). The summed E-state index contributed by atoms with van der Waals surface area (Å²) in [5.74, 6) is 0. The molecule has 2 aliphatic heterocycles. The number of nitrogens with zero attached hydrogens (tertiary/aromatic N) is 4. The number of thiazole rings is 1. The Kier molecular flexibility index (Phi) is 4.42. The van der Waals surface area contributed by atoms with Crippen LogP contribution < -0.4 is 5.32 Å². The number of hydrogen-bond acceptors (Lipinski definition) is 5. The van der Waals surface area contributed by atoms with Gasteiger partial charge in [0.05, 0.1) is 0 Å². The van der Waals surface area contributed by atoms with Gasteiger partial charge in [-0.3, -0.25) is 10.2 Å². The average molecular weight is 309 g/mol. The van der Waals surface area contributed by atoms with Crippen molar-refractivity contribution < 1.29 is 4.79 Å². The van der Waals surface area contributed by atoms with E-state index < -0.39 is 0 Å². The highest BCUT2D eigenvalue weighted by atomic mass is 32.1. The SMILES string of the molecule is CCN1CCN(C2CN(C(=O)Nc3ncc(C)s3)C2)CC1. The summed E-state index contributed by atoms with van der Waals surface area (Å²) in [5, 5.41) is 3.56. The van der Waals surface area contributed by atoms with Crippen molar-refractivity contribution in [3.63, 3.8) is 0 Å². The lowest BCUT2D eigenvalue weighted by molar-refractivity contribution is 0.0273. The van der Waals surface area contributed by atoms with E-state index in [1.807, 2.05) is 11.8 Å². The van der Waals surface area contributed by atoms with Crippen LogP contribution in [0.3, 0.4) is 0 Å². The number of likely N-dealkylation sites (N-methyl/N-ethyl adjacent to an activating group) is 1. The minimum absolute atomic E-state index is 0.0206. The third-order valence-electron chi connectivity index (χ3n) is 4.36. The molecule has 3 rings (SSSR count). The number of carbonyl (C=O) groups excluding carboxylic acids is 1. The highest BCUT2D eigenvalue weighted by Gasteiger charge is 2.36. The number of anilines is 1. The molecule has 0 radical (unpaired) electrons. The first-order chi connectivity index (χ1) is 10.2. The molecule has 2 amide bonds. The summed E-state index contributed by atoms with van der Waals surface area (Å²) < 4.78 is 0. The van der Waals surface area contributed by atoms with Gasteiger partial charge >= 0.3 is 6.03 Å². The normalized spacial score (nSPS) is 21.3. The molecule has 6 nitrogen and oxygen atoms in total. The van der Waals surface area contributed by atoms with E-state index in [4.69, 9.17) is 0 Å². The summed E-state index contributed by atoms with van der Waals surface area (Å²) in [6.45, 7) is 11.6. The molecule has 1 N–H and O–H groups in total. The van der Waals surface area contributed by atoms with Crippen LogP contribution >= 0.6 is 11.3 Å². The molecule has 116 valence electrons. The molecular formula is C14H23N5OS. The van der Waals surface area contributed by atoms with Crippen molar-refractivity contribution >= 4 is 22.5 Å². The Morgan fingerprint density at radius 1 is 1.38 bits per heavy atom. The number of hydrogen-bond donors (Lipinski definition) is 1. The van der Waals surface area contributed by atoms with Crippen LogP contribution in [-0.4, -0.2) is 77.6 Å². The molecule has 0 aliphatic carbocycles. The fourth-order valence-corrected chi connectivity index (χ4v) is 3.53. The zero-order valence-electron chi connectivity index (χ0n) is 12.7. The molecule has 2 saturated heterocycles. The van der Waals surface area contributed by atoms with E-state index in [0.717, 1.165) is 50.7 Å². The summed E-state index contributed by atoms with van der Waals surface area (Å²) in [7, 11) is 0. The number of likely N-dealkylation sites (tertiary alicyclic amines) is 1. The van der Waals surface area contributed by atoms with Crippen molar-refractivity contribution in [3.05, 3.63) is 11.1 Å². The first-order valence-electron chi connectivity index (χ1n) is 7.60. The Morgan fingerprint density at radius 2 is 2.10 bits per heavy atom. The smallest absolute Gasteiger partial charge is 0.321 e. The number of nitrogens with one attached hydrogen (secondary N) is 1. The van der Waals surface area contributed by atoms with E-state index in [0.29, 0.717) is 11.2 Å². The molecule has 0 bridgehead atoms. The number of urea groups is 1. The number of amides is 2. The topological polar surface area (TPSA) is 51.7 Å². The highest BCUT2D eigenvalue weighted by molar-refractivity contribution is 7.15. The molecule has 2 aliphatic rings. The molecule has 7 heteroatoms. The minimum Gasteiger partial charge on any atom is -0.321 e. The van der Waals surface area contributed by atoms with Crippen LogP contribution in [0.2, 0.25) is 0 Å². The van der Waals surface area contributed by atoms with Crippen LogP contribution in [0, 0.1) is 6.92 Å². The summed E-state index contributed by atoms with van der Waals surface area (Å²) in [6.07, 6.45) is 1.78. The summed E-state index contributed by atoms with van der Waals surface area (Å²) in [4.78, 5) is 24.2. The molecule has 2 fully saturated rings. The highest BCUT2D eigenvalue weighted by Crippen LogP contribution is 2.20. The lowest BCUT2D eigenvalue weighted by Crippen LogP contribution is -2.64. The van der Waals surface area contributed by atoms with Gasteiger partial charge in [0.1, 0.15) is 0 Å². The maximum Gasteiger partial charge on any atom is 0.323 e. The second kappa shape index (κ2) is 6.29. The third-order valence-corrected chi connectivity index (χ3v) is 5.18. The van der Waals surface area contributed by atoms with Gasteiger partial charge in [-0.25, -0.2) is 9.78 Å². The van der Waals surface area contributed by atoms with Crippen LogP contribution in [0.5, 0.6) is 0 Å². The fourth-order valence-electron chi connectivity index (χ4n) is 2.88. The second-order valence-corrected chi connectivity index (χ2v) is 6.97. The first-order valence-corrected chi connectivity index (χ1v) is 8.42. The van der Waals surface area contributed by atoms with E-state index in [2.05, 4.69) is 27.0 Å². The van der Waals surface area contributed by atoms with Crippen molar-refractivity contribution in [2.24, 2.45) is 0 Å². The van der Waals surface area contributed by atoms with Crippen LogP contribution in [0.1, 0.15) is 11.8 Å². The zero-order valence-corrected chi connectivity index (χ0v) is 13.5. The molecule has 1 aromatic rings. The van der Waals surface area contributed by atoms with Crippen molar-refractivity contribution in [1.29, 1.82) is 0 Å². The second-order valence-electron chi connectivity index (χ2n) is 5.74. The van der Waals surface area contributed by atoms with Gasteiger partial charge in [0.25, 0.3) is 0 Å². The Morgan fingerprint density at radius 3 is 2.67 bits per heavy atom. The van der Waals surface area contributed by atoms with E-state index in [-0.39, 0.29) is 6.03 Å². The molecule has 0 unspecified atom stereocenters. The average Bonchev–Trinajstić information content (AvgIpc) is 2.83. The van der Waals surface area contributed by atoms with Crippen molar-refractivity contribution in [1.82, 2.24) is 19.7 Å². The number of piperazine rings is 1. The Balaban J connectivity index is 1.42. The fraction of sp³-hybridized carbons (Fsp3) is 0.714. The van der Waals surface area contributed by atoms with Gasteiger partial charge in [-0.2, -0.15) is 0 Å². The summed E-state index contributed by atoms with van der Waals surface area (Å²) in [5.41, 5.74) is 0. The molecule has 3 heterocycles. The number of rotatable bonds is 3. The number of aromatic nitrogens is 1. The van der Waals surface area contributed by atoms with Gasteiger partial charge in [-0.05, 0) is 13.5 Å².